The van der Waals surface area contributed by atoms with Crippen molar-refractivity contribution in [3.63, 3.8) is 0 Å². The van der Waals surface area contributed by atoms with Crippen LogP contribution in [-0.2, 0) is 18.3 Å². The molecule has 7 nitrogen and oxygen atoms in total. The van der Waals surface area contributed by atoms with Crippen LogP contribution in [0.15, 0.2) is 10.6 Å². The molecule has 3 rings (SSSR count). The number of hydrogen-bond acceptors (Lipinski definition) is 6. The Kier molecular flexibility index (Phi) is 3.01. The van der Waals surface area contributed by atoms with Gasteiger partial charge in [0.15, 0.2) is 5.82 Å². The monoisotopic (exact) mass is 291 g/mol. The summed E-state index contributed by atoms with van der Waals surface area (Å²) in [6, 6.07) is 1.99. The van der Waals surface area contributed by atoms with Gasteiger partial charge in [-0.15, -0.1) is 11.3 Å². The van der Waals surface area contributed by atoms with Crippen molar-refractivity contribution in [2.24, 2.45) is 7.05 Å². The largest absolute Gasteiger partial charge is 0.359 e. The second-order valence-electron chi connectivity index (χ2n) is 4.40. The average molecular weight is 291 g/mol. The van der Waals surface area contributed by atoms with Crippen molar-refractivity contribution in [3.8, 4) is 10.8 Å². The molecule has 1 N–H and O–H groups in total. The minimum Gasteiger partial charge on any atom is -0.359 e. The number of carbonyl (C=O) groups excluding carboxylic acids is 1. The topological polar surface area (TPSA) is 85.8 Å². The second kappa shape index (κ2) is 4.71. The molecule has 0 unspecified atom stereocenters. The molecule has 0 saturated heterocycles. The molecule has 0 aromatic carbocycles. The predicted octanol–water partition coefficient (Wildman–Crippen LogP) is 1.28. The Labute approximate surface area is 118 Å². The Morgan fingerprint density at radius 1 is 1.55 bits per heavy atom. The van der Waals surface area contributed by atoms with Gasteiger partial charge in [-0.2, -0.15) is 10.1 Å². The van der Waals surface area contributed by atoms with E-state index in [4.69, 9.17) is 4.52 Å². The first-order valence-electron chi connectivity index (χ1n) is 6.05. The van der Waals surface area contributed by atoms with Crippen LogP contribution in [0.3, 0.4) is 0 Å². The lowest BCUT2D eigenvalue weighted by Crippen LogP contribution is -2.20. The van der Waals surface area contributed by atoms with Crippen LogP contribution < -0.4 is 5.32 Å². The number of aryl methyl sites for hydroxylation is 2. The van der Waals surface area contributed by atoms with Gasteiger partial charge in [-0.1, -0.05) is 5.16 Å². The molecular weight excluding hydrogens is 278 g/mol. The maximum atomic E-state index is 11.3. The van der Waals surface area contributed by atoms with E-state index in [1.165, 1.54) is 11.3 Å². The van der Waals surface area contributed by atoms with Gasteiger partial charge < -0.3 is 9.84 Å². The van der Waals surface area contributed by atoms with E-state index in [2.05, 4.69) is 20.6 Å². The SMILES string of the molecule is CNC(=O)Cc1noc(-c2cc3c(C)nn(C)c3s2)n1. The fraction of sp³-hybridized carbons (Fsp3) is 0.333. The number of carbonyl (C=O) groups is 1. The fourth-order valence-corrected chi connectivity index (χ4v) is 3.01. The van der Waals surface area contributed by atoms with E-state index in [0.717, 1.165) is 20.8 Å². The molecule has 0 saturated carbocycles. The average Bonchev–Trinajstić information content (AvgIpc) is 3.08. The van der Waals surface area contributed by atoms with E-state index in [0.29, 0.717) is 11.7 Å². The van der Waals surface area contributed by atoms with Crippen molar-refractivity contribution >= 4 is 27.5 Å². The molecule has 0 atom stereocenters. The van der Waals surface area contributed by atoms with Gasteiger partial charge in [0.1, 0.15) is 4.83 Å². The molecule has 3 heterocycles. The van der Waals surface area contributed by atoms with Gasteiger partial charge in [-0.05, 0) is 13.0 Å². The van der Waals surface area contributed by atoms with Crippen molar-refractivity contribution in [1.29, 1.82) is 0 Å². The molecule has 0 fully saturated rings. The minimum absolute atomic E-state index is 0.117. The Morgan fingerprint density at radius 3 is 3.05 bits per heavy atom. The third kappa shape index (κ3) is 2.07. The maximum absolute atomic E-state index is 11.3. The van der Waals surface area contributed by atoms with E-state index in [1.807, 2.05) is 24.7 Å². The van der Waals surface area contributed by atoms with Crippen LogP contribution in [0.5, 0.6) is 0 Å². The number of fused-ring (bicyclic) bond motifs is 1. The van der Waals surface area contributed by atoms with Crippen LogP contribution in [0.25, 0.3) is 21.0 Å². The van der Waals surface area contributed by atoms with E-state index in [9.17, 15) is 4.79 Å². The molecule has 0 bridgehead atoms. The van der Waals surface area contributed by atoms with Crippen molar-refractivity contribution < 1.29 is 9.32 Å². The van der Waals surface area contributed by atoms with Crippen molar-refractivity contribution in [2.75, 3.05) is 7.05 Å². The molecule has 3 aromatic heterocycles. The Hall–Kier alpha value is -2.22. The number of nitrogens with one attached hydrogen (secondary N) is 1. The number of aromatic nitrogens is 4. The number of thiophene rings is 1. The first-order chi connectivity index (χ1) is 9.58. The van der Waals surface area contributed by atoms with Gasteiger partial charge >= 0.3 is 0 Å². The molecule has 0 aliphatic heterocycles. The summed E-state index contributed by atoms with van der Waals surface area (Å²) in [4.78, 5) is 17.5. The number of amides is 1. The van der Waals surface area contributed by atoms with Gasteiger partial charge in [0.05, 0.1) is 17.0 Å². The summed E-state index contributed by atoms with van der Waals surface area (Å²) in [5, 5.41) is 11.8. The molecule has 1 amide bonds. The van der Waals surface area contributed by atoms with E-state index < -0.39 is 0 Å². The first-order valence-corrected chi connectivity index (χ1v) is 6.87. The zero-order valence-electron chi connectivity index (χ0n) is 11.3. The number of hydrogen-bond donors (Lipinski definition) is 1. The fourth-order valence-electron chi connectivity index (χ4n) is 1.97. The van der Waals surface area contributed by atoms with Gasteiger partial charge in [0.25, 0.3) is 5.89 Å². The molecule has 0 aliphatic rings. The van der Waals surface area contributed by atoms with E-state index in [-0.39, 0.29) is 12.3 Å². The van der Waals surface area contributed by atoms with Crippen molar-refractivity contribution in [2.45, 2.75) is 13.3 Å². The zero-order valence-corrected chi connectivity index (χ0v) is 12.1. The van der Waals surface area contributed by atoms with Gasteiger partial charge in [-0.3, -0.25) is 9.48 Å². The van der Waals surface area contributed by atoms with Crippen molar-refractivity contribution in [3.05, 3.63) is 17.6 Å². The first kappa shape index (κ1) is 12.8. The minimum atomic E-state index is -0.145. The summed E-state index contributed by atoms with van der Waals surface area (Å²) in [7, 11) is 3.48. The van der Waals surface area contributed by atoms with Gasteiger partial charge in [0, 0.05) is 19.5 Å². The summed E-state index contributed by atoms with van der Waals surface area (Å²) in [6.07, 6.45) is 0.117. The van der Waals surface area contributed by atoms with Crippen LogP contribution in [0.1, 0.15) is 11.5 Å². The van der Waals surface area contributed by atoms with E-state index >= 15 is 0 Å². The zero-order chi connectivity index (χ0) is 14.3. The summed E-state index contributed by atoms with van der Waals surface area (Å²) in [5.74, 6) is 0.671. The van der Waals surface area contributed by atoms with Crippen molar-refractivity contribution in [1.82, 2.24) is 25.2 Å². The Balaban J connectivity index is 1.95. The number of likely N-dealkylation sites (N-methyl/N-ethyl adjacent to an activating group) is 1. The van der Waals surface area contributed by atoms with Gasteiger partial charge in [0.2, 0.25) is 5.91 Å². The summed E-state index contributed by atoms with van der Waals surface area (Å²) < 4.78 is 7.05. The molecule has 8 heteroatoms. The summed E-state index contributed by atoms with van der Waals surface area (Å²) >= 11 is 1.54. The highest BCUT2D eigenvalue weighted by atomic mass is 32.1. The Bertz CT molecular complexity index is 751. The standard InChI is InChI=1S/C12H13N5O2S/c1-6-7-4-8(20-12(7)17(3)15-6)11-14-9(16-19-11)5-10(18)13-2/h4H,5H2,1-3H3,(H,13,18). The van der Waals surface area contributed by atoms with Crippen LogP contribution >= 0.6 is 11.3 Å². The van der Waals surface area contributed by atoms with Crippen LogP contribution in [0, 0.1) is 6.92 Å². The molecule has 3 aromatic rings. The van der Waals surface area contributed by atoms with Gasteiger partial charge in [-0.25, -0.2) is 0 Å². The van der Waals surface area contributed by atoms with E-state index in [1.54, 1.807) is 7.05 Å². The highest BCUT2D eigenvalue weighted by Crippen LogP contribution is 2.33. The predicted molar refractivity (Wildman–Crippen MR) is 74.4 cm³/mol. The smallest absolute Gasteiger partial charge is 0.268 e. The highest BCUT2D eigenvalue weighted by Gasteiger charge is 2.16. The maximum Gasteiger partial charge on any atom is 0.268 e. The third-order valence-corrected chi connectivity index (χ3v) is 4.16. The normalized spacial score (nSPS) is 11.2. The third-order valence-electron chi connectivity index (χ3n) is 2.97. The number of nitrogens with zero attached hydrogens (tertiary/aromatic N) is 4. The lowest BCUT2D eigenvalue weighted by molar-refractivity contribution is -0.120. The van der Waals surface area contributed by atoms with Crippen LogP contribution in [0.2, 0.25) is 0 Å². The quantitative estimate of drug-likeness (QED) is 0.785. The number of rotatable bonds is 3. The lowest BCUT2D eigenvalue weighted by Gasteiger charge is -1.91. The second-order valence-corrected chi connectivity index (χ2v) is 5.43. The highest BCUT2D eigenvalue weighted by molar-refractivity contribution is 7.21. The molecule has 0 radical (unpaired) electrons. The Morgan fingerprint density at radius 2 is 2.35 bits per heavy atom. The van der Waals surface area contributed by atoms with Crippen LogP contribution in [-0.4, -0.2) is 32.9 Å². The summed E-state index contributed by atoms with van der Waals surface area (Å²) in [6.45, 7) is 1.96. The summed E-state index contributed by atoms with van der Waals surface area (Å²) in [5.41, 5.74) is 0.968. The molecule has 0 spiro atoms. The molecule has 0 aliphatic carbocycles. The lowest BCUT2D eigenvalue weighted by atomic mass is 10.3. The van der Waals surface area contributed by atoms with Crippen LogP contribution in [0.4, 0.5) is 0 Å². The molecule has 20 heavy (non-hydrogen) atoms. The molecular formula is C12H13N5O2S. The molecule has 104 valence electrons.